The number of likely N-dealkylation sites (tertiary alicyclic amines) is 1. The third kappa shape index (κ3) is 4.05. The van der Waals surface area contributed by atoms with Crippen molar-refractivity contribution in [2.45, 2.75) is 44.2 Å². The molecule has 5 heteroatoms. The molecule has 2 aromatic rings. The minimum absolute atomic E-state index is 0.452. The molecular formula is C19H23ClN4. The molecule has 1 saturated carbocycles. The number of aromatic nitrogens is 2. The normalized spacial score (nSPS) is 21.6. The molecule has 0 bridgehead atoms. The summed E-state index contributed by atoms with van der Waals surface area (Å²) in [6.07, 6.45) is 6.77. The maximum absolute atomic E-state index is 5.97. The Morgan fingerprint density at radius 1 is 1.12 bits per heavy atom. The van der Waals surface area contributed by atoms with Gasteiger partial charge in [0.15, 0.2) is 0 Å². The summed E-state index contributed by atoms with van der Waals surface area (Å²) < 4.78 is 0. The van der Waals surface area contributed by atoms with Crippen LogP contribution in [-0.4, -0.2) is 34.0 Å². The van der Waals surface area contributed by atoms with Crippen molar-refractivity contribution in [3.63, 3.8) is 0 Å². The van der Waals surface area contributed by atoms with Gasteiger partial charge in [0.1, 0.15) is 11.6 Å². The molecule has 1 unspecified atom stereocenters. The molecule has 24 heavy (non-hydrogen) atoms. The molecule has 126 valence electrons. The number of nitrogens with zero attached hydrogens (tertiary/aromatic N) is 3. The molecule has 2 fully saturated rings. The molecule has 1 aliphatic heterocycles. The summed E-state index contributed by atoms with van der Waals surface area (Å²) in [5.41, 5.74) is 1.32. The van der Waals surface area contributed by atoms with Gasteiger partial charge in [0.05, 0.1) is 0 Å². The Hall–Kier alpha value is -1.65. The van der Waals surface area contributed by atoms with Gasteiger partial charge in [-0.2, -0.15) is 0 Å². The number of benzene rings is 1. The van der Waals surface area contributed by atoms with Crippen LogP contribution in [0.3, 0.4) is 0 Å². The van der Waals surface area contributed by atoms with Crippen LogP contribution in [0.4, 0.5) is 5.82 Å². The van der Waals surface area contributed by atoms with Crippen molar-refractivity contribution in [3.8, 4) is 0 Å². The van der Waals surface area contributed by atoms with Gasteiger partial charge in [-0.05, 0) is 56.0 Å². The zero-order chi connectivity index (χ0) is 16.4. The summed E-state index contributed by atoms with van der Waals surface area (Å²) in [7, 11) is 0. The lowest BCUT2D eigenvalue weighted by Gasteiger charge is -2.33. The highest BCUT2D eigenvalue weighted by Crippen LogP contribution is 2.38. The minimum atomic E-state index is 0.452. The molecule has 1 atom stereocenters. The first-order valence-electron chi connectivity index (χ1n) is 8.82. The van der Waals surface area contributed by atoms with Gasteiger partial charge in [-0.1, -0.05) is 23.7 Å². The number of nitrogens with one attached hydrogen (secondary N) is 1. The van der Waals surface area contributed by atoms with Crippen LogP contribution < -0.4 is 5.32 Å². The first kappa shape index (κ1) is 15.9. The topological polar surface area (TPSA) is 41.0 Å². The predicted octanol–water partition coefficient (Wildman–Crippen LogP) is 4.08. The van der Waals surface area contributed by atoms with Gasteiger partial charge in [-0.3, -0.25) is 4.90 Å². The Labute approximate surface area is 148 Å². The maximum Gasteiger partial charge on any atom is 0.133 e. The lowest BCUT2D eigenvalue weighted by molar-refractivity contribution is 0.208. The molecule has 2 heterocycles. The number of rotatable bonds is 5. The molecule has 0 spiro atoms. The van der Waals surface area contributed by atoms with Crippen LogP contribution in [0.1, 0.15) is 43.0 Å². The molecular weight excluding hydrogens is 320 g/mol. The van der Waals surface area contributed by atoms with E-state index in [1.54, 1.807) is 0 Å². The summed E-state index contributed by atoms with van der Waals surface area (Å²) in [6, 6.07) is 10.6. The minimum Gasteiger partial charge on any atom is -0.366 e. The summed E-state index contributed by atoms with van der Waals surface area (Å²) in [5, 5.41) is 4.41. The summed E-state index contributed by atoms with van der Waals surface area (Å²) in [5.74, 6) is 2.58. The number of halogens is 1. The van der Waals surface area contributed by atoms with Crippen molar-refractivity contribution in [1.82, 2.24) is 14.9 Å². The van der Waals surface area contributed by atoms with E-state index in [2.05, 4.69) is 27.3 Å². The summed E-state index contributed by atoms with van der Waals surface area (Å²) in [4.78, 5) is 11.6. The smallest absolute Gasteiger partial charge is 0.133 e. The fourth-order valence-electron chi connectivity index (χ4n) is 3.37. The van der Waals surface area contributed by atoms with Gasteiger partial charge in [0.2, 0.25) is 0 Å². The van der Waals surface area contributed by atoms with E-state index in [1.807, 2.05) is 24.4 Å². The first-order chi connectivity index (χ1) is 11.8. The zero-order valence-electron chi connectivity index (χ0n) is 13.8. The molecule has 1 aromatic carbocycles. The molecule has 0 amide bonds. The van der Waals surface area contributed by atoms with E-state index in [1.165, 1.54) is 31.2 Å². The van der Waals surface area contributed by atoms with Gasteiger partial charge < -0.3 is 5.32 Å². The van der Waals surface area contributed by atoms with Crippen molar-refractivity contribution in [3.05, 3.63) is 52.9 Å². The Balaban J connectivity index is 1.36. The quantitative estimate of drug-likeness (QED) is 0.888. The first-order valence-corrected chi connectivity index (χ1v) is 9.20. The third-order valence-corrected chi connectivity index (χ3v) is 5.05. The number of hydrogen-bond acceptors (Lipinski definition) is 4. The monoisotopic (exact) mass is 342 g/mol. The molecule has 1 saturated heterocycles. The molecule has 4 rings (SSSR count). The average molecular weight is 343 g/mol. The molecule has 4 nitrogen and oxygen atoms in total. The molecule has 1 aliphatic carbocycles. The van der Waals surface area contributed by atoms with E-state index in [-0.39, 0.29) is 0 Å². The van der Waals surface area contributed by atoms with Crippen LogP contribution in [0.25, 0.3) is 0 Å². The van der Waals surface area contributed by atoms with Crippen LogP contribution in [-0.2, 0) is 6.54 Å². The largest absolute Gasteiger partial charge is 0.366 e. The second-order valence-electron chi connectivity index (χ2n) is 6.92. The summed E-state index contributed by atoms with van der Waals surface area (Å²) in [6.45, 7) is 3.18. The molecule has 1 aromatic heterocycles. The fraction of sp³-hybridized carbons (Fsp3) is 0.474. The lowest BCUT2D eigenvalue weighted by atomic mass is 10.0. The van der Waals surface area contributed by atoms with Crippen molar-refractivity contribution < 1.29 is 0 Å². The van der Waals surface area contributed by atoms with Crippen molar-refractivity contribution in [1.29, 1.82) is 0 Å². The van der Waals surface area contributed by atoms with E-state index >= 15 is 0 Å². The number of anilines is 1. The standard InChI is InChI=1S/C19H23ClN4/c20-16-7-3-14(4-8-16)12-24-11-1-2-17(13-24)22-18-9-10-21-19(23-18)15-5-6-15/h3-4,7-10,15,17H,1-2,5-6,11-13H2,(H,21,22,23). The Morgan fingerprint density at radius 2 is 1.96 bits per heavy atom. The highest BCUT2D eigenvalue weighted by atomic mass is 35.5. The van der Waals surface area contributed by atoms with Crippen molar-refractivity contribution in [2.75, 3.05) is 18.4 Å². The Kier molecular flexibility index (Phi) is 4.67. The summed E-state index contributed by atoms with van der Waals surface area (Å²) >= 11 is 5.97. The highest BCUT2D eigenvalue weighted by molar-refractivity contribution is 6.30. The van der Waals surface area contributed by atoms with E-state index in [9.17, 15) is 0 Å². The van der Waals surface area contributed by atoms with Gasteiger partial charge in [0, 0.05) is 36.3 Å². The third-order valence-electron chi connectivity index (χ3n) is 4.79. The van der Waals surface area contributed by atoms with Crippen LogP contribution in [0.2, 0.25) is 5.02 Å². The number of piperidine rings is 1. The van der Waals surface area contributed by atoms with Crippen LogP contribution in [0.15, 0.2) is 36.5 Å². The van der Waals surface area contributed by atoms with Crippen LogP contribution >= 0.6 is 11.6 Å². The highest BCUT2D eigenvalue weighted by Gasteiger charge is 2.27. The maximum atomic E-state index is 5.97. The van der Waals surface area contributed by atoms with Gasteiger partial charge >= 0.3 is 0 Å². The second-order valence-corrected chi connectivity index (χ2v) is 7.36. The van der Waals surface area contributed by atoms with E-state index in [0.29, 0.717) is 12.0 Å². The average Bonchev–Trinajstić information content (AvgIpc) is 3.43. The Morgan fingerprint density at radius 3 is 2.75 bits per heavy atom. The second kappa shape index (κ2) is 7.08. The van der Waals surface area contributed by atoms with Crippen molar-refractivity contribution >= 4 is 17.4 Å². The lowest BCUT2D eigenvalue weighted by Crippen LogP contribution is -2.41. The Bertz CT molecular complexity index is 684. The van der Waals surface area contributed by atoms with E-state index in [0.717, 1.165) is 36.3 Å². The van der Waals surface area contributed by atoms with Gasteiger partial charge in [-0.15, -0.1) is 0 Å². The SMILES string of the molecule is Clc1ccc(CN2CCCC(Nc3ccnc(C4CC4)n3)C2)cc1. The van der Waals surface area contributed by atoms with Crippen molar-refractivity contribution in [2.24, 2.45) is 0 Å². The van der Waals surface area contributed by atoms with Gasteiger partial charge in [-0.25, -0.2) is 9.97 Å². The number of hydrogen-bond donors (Lipinski definition) is 1. The van der Waals surface area contributed by atoms with E-state index < -0.39 is 0 Å². The predicted molar refractivity (Wildman–Crippen MR) is 97.4 cm³/mol. The zero-order valence-corrected chi connectivity index (χ0v) is 14.5. The van der Waals surface area contributed by atoms with Gasteiger partial charge in [0.25, 0.3) is 0 Å². The van der Waals surface area contributed by atoms with Crippen LogP contribution in [0.5, 0.6) is 0 Å². The molecule has 0 radical (unpaired) electrons. The van der Waals surface area contributed by atoms with E-state index in [4.69, 9.17) is 16.6 Å². The fourth-order valence-corrected chi connectivity index (χ4v) is 3.49. The molecule has 2 aliphatic rings. The van der Waals surface area contributed by atoms with Crippen LogP contribution in [0, 0.1) is 0 Å². The molecule has 1 N–H and O–H groups in total.